The maximum absolute atomic E-state index is 11.7. The summed E-state index contributed by atoms with van der Waals surface area (Å²) in [4.78, 5) is 13.5. The third-order valence-corrected chi connectivity index (χ3v) is 3.99. The molecule has 0 spiro atoms. The molecule has 0 saturated heterocycles. The van der Waals surface area contributed by atoms with Gasteiger partial charge in [-0.3, -0.25) is 4.79 Å². The molecule has 3 rings (SSSR count). The third kappa shape index (κ3) is 1.65. The lowest BCUT2D eigenvalue weighted by molar-refractivity contribution is -0.116. The first kappa shape index (κ1) is 11.1. The Morgan fingerprint density at radius 3 is 3.12 bits per heavy atom. The van der Waals surface area contributed by atoms with Crippen molar-refractivity contribution >= 4 is 23.2 Å². The van der Waals surface area contributed by atoms with Crippen LogP contribution in [-0.4, -0.2) is 25.5 Å². The molecule has 2 heterocycles. The molecule has 1 aromatic rings. The highest BCUT2D eigenvalue weighted by Crippen LogP contribution is 2.43. The molecule has 0 radical (unpaired) electrons. The zero-order valence-electron chi connectivity index (χ0n) is 9.79. The number of halogens is 1. The van der Waals surface area contributed by atoms with Crippen LogP contribution in [0.25, 0.3) is 0 Å². The standard InChI is InChI=1S/C13H15ClN2O/c1-8(17)16-7-10-6-15-5-4-9-2-3-11(14)13(16)12(9)10/h2-3,10,15H,4-7H2,1H3/t10-/m0/s1. The average Bonchev–Trinajstić information content (AvgIpc) is 2.57. The molecule has 3 nitrogen and oxygen atoms in total. The molecule has 0 aromatic heterocycles. The number of hydrogen-bond acceptors (Lipinski definition) is 2. The van der Waals surface area contributed by atoms with Gasteiger partial charge in [0.1, 0.15) is 0 Å². The third-order valence-electron chi connectivity index (χ3n) is 3.68. The van der Waals surface area contributed by atoms with Crippen LogP contribution in [0, 0.1) is 0 Å². The number of nitrogens with zero attached hydrogens (tertiary/aromatic N) is 1. The van der Waals surface area contributed by atoms with Crippen LogP contribution in [0.1, 0.15) is 24.0 Å². The summed E-state index contributed by atoms with van der Waals surface area (Å²) in [6, 6.07) is 4.02. The van der Waals surface area contributed by atoms with E-state index in [4.69, 9.17) is 11.6 Å². The average molecular weight is 251 g/mol. The fourth-order valence-corrected chi connectivity index (χ4v) is 3.19. The first-order chi connectivity index (χ1) is 8.18. The molecule has 0 unspecified atom stereocenters. The molecule has 4 heteroatoms. The predicted molar refractivity (Wildman–Crippen MR) is 68.8 cm³/mol. The van der Waals surface area contributed by atoms with Crippen LogP contribution in [0.2, 0.25) is 5.02 Å². The predicted octanol–water partition coefficient (Wildman–Crippen LogP) is 1.94. The second-order valence-corrected chi connectivity index (χ2v) is 5.16. The van der Waals surface area contributed by atoms with Crippen molar-refractivity contribution in [3.63, 3.8) is 0 Å². The Labute approximate surface area is 106 Å². The van der Waals surface area contributed by atoms with Crippen molar-refractivity contribution in [1.29, 1.82) is 0 Å². The lowest BCUT2D eigenvalue weighted by atomic mass is 9.95. The highest BCUT2D eigenvalue weighted by Gasteiger charge is 2.35. The summed E-state index contributed by atoms with van der Waals surface area (Å²) in [6.45, 7) is 4.30. The summed E-state index contributed by atoms with van der Waals surface area (Å²) in [5.41, 5.74) is 3.58. The van der Waals surface area contributed by atoms with E-state index < -0.39 is 0 Å². The van der Waals surface area contributed by atoms with Crippen LogP contribution in [0.5, 0.6) is 0 Å². The van der Waals surface area contributed by atoms with Gasteiger partial charge in [0.15, 0.2) is 0 Å². The number of amides is 1. The van der Waals surface area contributed by atoms with Crippen LogP contribution in [0.4, 0.5) is 5.69 Å². The molecule has 1 aromatic carbocycles. The van der Waals surface area contributed by atoms with Crippen LogP contribution in [-0.2, 0) is 11.2 Å². The Kier molecular flexibility index (Phi) is 2.60. The van der Waals surface area contributed by atoms with Crippen molar-refractivity contribution in [2.24, 2.45) is 0 Å². The summed E-state index contributed by atoms with van der Waals surface area (Å²) in [7, 11) is 0. The number of anilines is 1. The maximum Gasteiger partial charge on any atom is 0.223 e. The van der Waals surface area contributed by atoms with Gasteiger partial charge in [-0.15, -0.1) is 0 Å². The molecule has 1 N–H and O–H groups in total. The van der Waals surface area contributed by atoms with E-state index in [-0.39, 0.29) is 5.91 Å². The molecule has 0 saturated carbocycles. The summed E-state index contributed by atoms with van der Waals surface area (Å²) >= 11 is 6.27. The van der Waals surface area contributed by atoms with E-state index >= 15 is 0 Å². The summed E-state index contributed by atoms with van der Waals surface area (Å²) in [5, 5.41) is 4.12. The van der Waals surface area contributed by atoms with Gasteiger partial charge in [-0.1, -0.05) is 17.7 Å². The zero-order chi connectivity index (χ0) is 12.0. The normalized spacial score (nSPS) is 22.2. The summed E-state index contributed by atoms with van der Waals surface area (Å²) in [5.74, 6) is 0.471. The quantitative estimate of drug-likeness (QED) is 0.763. The Hall–Kier alpha value is -1.06. The topological polar surface area (TPSA) is 32.3 Å². The van der Waals surface area contributed by atoms with Crippen molar-refractivity contribution in [2.75, 3.05) is 24.5 Å². The van der Waals surface area contributed by atoms with E-state index in [1.165, 1.54) is 11.1 Å². The molecule has 2 aliphatic rings. The van der Waals surface area contributed by atoms with Gasteiger partial charge in [-0.2, -0.15) is 0 Å². The number of benzene rings is 1. The minimum absolute atomic E-state index is 0.0772. The van der Waals surface area contributed by atoms with Crippen molar-refractivity contribution in [1.82, 2.24) is 5.32 Å². The van der Waals surface area contributed by atoms with Crippen LogP contribution >= 0.6 is 11.6 Å². The number of nitrogens with one attached hydrogen (secondary N) is 1. The van der Waals surface area contributed by atoms with E-state index in [2.05, 4.69) is 11.4 Å². The Morgan fingerprint density at radius 1 is 1.53 bits per heavy atom. The summed E-state index contributed by atoms with van der Waals surface area (Å²) < 4.78 is 0. The highest BCUT2D eigenvalue weighted by molar-refractivity contribution is 6.34. The summed E-state index contributed by atoms with van der Waals surface area (Å²) in [6.07, 6.45) is 1.02. The fraction of sp³-hybridized carbons (Fsp3) is 0.462. The molecular weight excluding hydrogens is 236 g/mol. The zero-order valence-corrected chi connectivity index (χ0v) is 10.5. The van der Waals surface area contributed by atoms with Gasteiger partial charge in [0.05, 0.1) is 10.7 Å². The highest BCUT2D eigenvalue weighted by atomic mass is 35.5. The second kappa shape index (κ2) is 4.00. The van der Waals surface area contributed by atoms with Crippen LogP contribution < -0.4 is 10.2 Å². The SMILES string of the molecule is CC(=O)N1C[C@@H]2CNCCc3ccc(Cl)c1c32. The maximum atomic E-state index is 11.7. The second-order valence-electron chi connectivity index (χ2n) is 4.75. The first-order valence-electron chi connectivity index (χ1n) is 5.98. The fourth-order valence-electron chi connectivity index (χ4n) is 2.93. The van der Waals surface area contributed by atoms with Gasteiger partial charge in [0.25, 0.3) is 0 Å². The molecule has 90 valence electrons. The van der Waals surface area contributed by atoms with E-state index in [1.807, 2.05) is 11.0 Å². The molecule has 0 aliphatic carbocycles. The monoisotopic (exact) mass is 250 g/mol. The molecule has 0 fully saturated rings. The van der Waals surface area contributed by atoms with Crippen molar-refractivity contribution in [3.05, 3.63) is 28.3 Å². The molecule has 1 atom stereocenters. The number of carbonyl (C=O) groups is 1. The van der Waals surface area contributed by atoms with Gasteiger partial charge in [-0.05, 0) is 30.2 Å². The van der Waals surface area contributed by atoms with Gasteiger partial charge in [0.2, 0.25) is 5.91 Å². The van der Waals surface area contributed by atoms with Crippen LogP contribution in [0.3, 0.4) is 0 Å². The molecular formula is C13H15ClN2O. The first-order valence-corrected chi connectivity index (χ1v) is 6.36. The minimum Gasteiger partial charge on any atom is -0.316 e. The molecule has 17 heavy (non-hydrogen) atoms. The number of hydrogen-bond donors (Lipinski definition) is 1. The van der Waals surface area contributed by atoms with Crippen molar-refractivity contribution in [3.8, 4) is 0 Å². The number of carbonyl (C=O) groups excluding carboxylic acids is 1. The molecule has 0 bridgehead atoms. The van der Waals surface area contributed by atoms with Crippen LogP contribution in [0.15, 0.2) is 12.1 Å². The lowest BCUT2D eigenvalue weighted by Gasteiger charge is -2.17. The van der Waals surface area contributed by atoms with Crippen molar-refractivity contribution in [2.45, 2.75) is 19.3 Å². The Morgan fingerprint density at radius 2 is 2.35 bits per heavy atom. The van der Waals surface area contributed by atoms with Gasteiger partial charge < -0.3 is 10.2 Å². The lowest BCUT2D eigenvalue weighted by Crippen LogP contribution is -2.30. The van der Waals surface area contributed by atoms with E-state index in [0.717, 1.165) is 31.7 Å². The Balaban J connectivity index is 2.20. The molecule has 1 amide bonds. The Bertz CT molecular complexity index is 487. The van der Waals surface area contributed by atoms with Crippen molar-refractivity contribution < 1.29 is 4.79 Å². The van der Waals surface area contributed by atoms with Gasteiger partial charge in [0, 0.05) is 25.9 Å². The van der Waals surface area contributed by atoms with Gasteiger partial charge >= 0.3 is 0 Å². The largest absolute Gasteiger partial charge is 0.316 e. The smallest absolute Gasteiger partial charge is 0.223 e. The van der Waals surface area contributed by atoms with E-state index in [0.29, 0.717) is 10.9 Å². The van der Waals surface area contributed by atoms with E-state index in [1.54, 1.807) is 6.92 Å². The number of rotatable bonds is 0. The molecule has 2 aliphatic heterocycles. The van der Waals surface area contributed by atoms with E-state index in [9.17, 15) is 4.79 Å². The van der Waals surface area contributed by atoms with Gasteiger partial charge in [-0.25, -0.2) is 0 Å². The minimum atomic E-state index is 0.0772.